The third-order valence-electron chi connectivity index (χ3n) is 4.32. The van der Waals surface area contributed by atoms with Crippen molar-refractivity contribution in [1.29, 1.82) is 0 Å². The van der Waals surface area contributed by atoms with Gasteiger partial charge in [-0.1, -0.05) is 33.8 Å². The van der Waals surface area contributed by atoms with Crippen LogP contribution in [0.15, 0.2) is 30.5 Å². The fourth-order valence-electron chi connectivity index (χ4n) is 3.18. The van der Waals surface area contributed by atoms with Crippen LogP contribution in [0.2, 0.25) is 0 Å². The number of fused-ring (bicyclic) bond motifs is 1. The molecule has 2 aromatic rings. The number of hydrogen-bond acceptors (Lipinski definition) is 4. The molecule has 0 saturated heterocycles. The van der Waals surface area contributed by atoms with Crippen LogP contribution in [-0.2, 0) is 0 Å². The van der Waals surface area contributed by atoms with Crippen molar-refractivity contribution in [3.8, 4) is 5.75 Å². The van der Waals surface area contributed by atoms with Gasteiger partial charge >= 0.3 is 0 Å². The highest BCUT2D eigenvalue weighted by molar-refractivity contribution is 5.91. The molecule has 2 rings (SSSR count). The molecule has 0 amide bonds. The summed E-state index contributed by atoms with van der Waals surface area (Å²) in [5.41, 5.74) is 2.03. The van der Waals surface area contributed by atoms with E-state index < -0.39 is 0 Å². The van der Waals surface area contributed by atoms with E-state index in [0.717, 1.165) is 42.0 Å². The van der Waals surface area contributed by atoms with E-state index in [4.69, 9.17) is 4.74 Å². The van der Waals surface area contributed by atoms with Gasteiger partial charge in [0.1, 0.15) is 5.75 Å². The van der Waals surface area contributed by atoms with Crippen molar-refractivity contribution in [1.82, 2.24) is 9.88 Å². The number of nitrogens with zero attached hydrogens (tertiary/aromatic N) is 2. The molecule has 1 aromatic carbocycles. The van der Waals surface area contributed by atoms with E-state index in [-0.39, 0.29) is 0 Å². The summed E-state index contributed by atoms with van der Waals surface area (Å²) >= 11 is 0. The third kappa shape index (κ3) is 5.60. The lowest BCUT2D eigenvalue weighted by molar-refractivity contribution is 0.173. The first-order chi connectivity index (χ1) is 11.9. The predicted molar refractivity (Wildman–Crippen MR) is 107 cm³/mol. The van der Waals surface area contributed by atoms with Crippen LogP contribution < -0.4 is 10.1 Å². The van der Waals surface area contributed by atoms with E-state index in [9.17, 15) is 0 Å². The second-order valence-electron chi connectivity index (χ2n) is 7.72. The lowest BCUT2D eigenvalue weighted by atomic mass is 10.1. The number of nitrogens with one attached hydrogen (secondary N) is 1. The summed E-state index contributed by atoms with van der Waals surface area (Å²) in [4.78, 5) is 7.13. The molecule has 0 aliphatic heterocycles. The van der Waals surface area contributed by atoms with Gasteiger partial charge in [-0.15, -0.1) is 0 Å². The smallest absolute Gasteiger partial charge is 0.121 e. The second-order valence-corrected chi connectivity index (χ2v) is 7.72. The number of ether oxygens (including phenoxy) is 1. The van der Waals surface area contributed by atoms with Crippen molar-refractivity contribution < 1.29 is 4.74 Å². The lowest BCUT2D eigenvalue weighted by Crippen LogP contribution is -2.42. The largest absolute Gasteiger partial charge is 0.497 e. The van der Waals surface area contributed by atoms with E-state index in [2.05, 4.69) is 55.9 Å². The molecule has 25 heavy (non-hydrogen) atoms. The summed E-state index contributed by atoms with van der Waals surface area (Å²) in [6.45, 7) is 14.6. The van der Waals surface area contributed by atoms with Gasteiger partial charge in [0.05, 0.1) is 18.3 Å². The van der Waals surface area contributed by atoms with Crippen molar-refractivity contribution >= 4 is 16.6 Å². The van der Waals surface area contributed by atoms with Crippen LogP contribution in [0.5, 0.6) is 5.75 Å². The minimum Gasteiger partial charge on any atom is -0.497 e. The zero-order valence-electron chi connectivity index (χ0n) is 16.5. The van der Waals surface area contributed by atoms with Gasteiger partial charge in [0.15, 0.2) is 0 Å². The van der Waals surface area contributed by atoms with Gasteiger partial charge in [-0.05, 0) is 30.9 Å². The number of benzene rings is 1. The van der Waals surface area contributed by atoms with Crippen LogP contribution in [0.4, 0.5) is 5.69 Å². The molecule has 4 nitrogen and oxygen atoms in total. The molecule has 1 N–H and O–H groups in total. The minimum absolute atomic E-state index is 0.453. The standard InChI is InChI=1S/C21H33N3O/c1-15(2)13-24(14-16(3)4)17(5)12-23-20-11-19(25-6)10-18-8-7-9-22-21(18)20/h7-11,15-17,23H,12-14H2,1-6H3. The number of aromatic nitrogens is 1. The van der Waals surface area contributed by atoms with Crippen molar-refractivity contribution in [2.45, 2.75) is 40.7 Å². The fourth-order valence-corrected chi connectivity index (χ4v) is 3.18. The minimum atomic E-state index is 0.453. The Morgan fingerprint density at radius 2 is 1.76 bits per heavy atom. The Labute approximate surface area is 152 Å². The molecule has 1 heterocycles. The zero-order chi connectivity index (χ0) is 18.4. The number of methoxy groups -OCH3 is 1. The highest BCUT2D eigenvalue weighted by Gasteiger charge is 2.17. The monoisotopic (exact) mass is 343 g/mol. The fraction of sp³-hybridized carbons (Fsp3) is 0.571. The Balaban J connectivity index is 2.14. The van der Waals surface area contributed by atoms with E-state index in [1.54, 1.807) is 7.11 Å². The van der Waals surface area contributed by atoms with Crippen LogP contribution in [0, 0.1) is 11.8 Å². The van der Waals surface area contributed by atoms with Crippen LogP contribution in [-0.4, -0.2) is 42.7 Å². The number of pyridine rings is 1. The van der Waals surface area contributed by atoms with E-state index >= 15 is 0 Å². The summed E-state index contributed by atoms with van der Waals surface area (Å²) in [5.74, 6) is 2.19. The maximum absolute atomic E-state index is 5.44. The molecule has 0 aliphatic rings. The van der Waals surface area contributed by atoms with Gasteiger partial charge in [0.2, 0.25) is 0 Å². The van der Waals surface area contributed by atoms with Gasteiger partial charge < -0.3 is 10.1 Å². The summed E-state index contributed by atoms with van der Waals surface area (Å²) in [6.07, 6.45) is 1.84. The summed E-state index contributed by atoms with van der Waals surface area (Å²) in [6, 6.07) is 8.55. The Hall–Kier alpha value is -1.81. The van der Waals surface area contributed by atoms with Gasteiger partial charge in [-0.2, -0.15) is 0 Å². The van der Waals surface area contributed by atoms with Gasteiger partial charge in [-0.3, -0.25) is 9.88 Å². The highest BCUT2D eigenvalue weighted by atomic mass is 16.5. The first kappa shape index (κ1) is 19.5. The first-order valence-electron chi connectivity index (χ1n) is 9.31. The maximum Gasteiger partial charge on any atom is 0.121 e. The number of hydrogen-bond donors (Lipinski definition) is 1. The van der Waals surface area contributed by atoms with Gasteiger partial charge in [0, 0.05) is 43.3 Å². The first-order valence-corrected chi connectivity index (χ1v) is 9.31. The van der Waals surface area contributed by atoms with Crippen LogP contribution in [0.25, 0.3) is 10.9 Å². The molecule has 4 heteroatoms. The SMILES string of the molecule is COc1cc(NCC(C)N(CC(C)C)CC(C)C)c2ncccc2c1. The molecule has 1 atom stereocenters. The molecule has 138 valence electrons. The highest BCUT2D eigenvalue weighted by Crippen LogP contribution is 2.27. The maximum atomic E-state index is 5.44. The van der Waals surface area contributed by atoms with Crippen molar-refractivity contribution in [3.63, 3.8) is 0 Å². The predicted octanol–water partition coefficient (Wildman–Crippen LogP) is 4.66. The van der Waals surface area contributed by atoms with E-state index in [1.165, 1.54) is 0 Å². The Morgan fingerprint density at radius 3 is 2.36 bits per heavy atom. The van der Waals surface area contributed by atoms with Crippen molar-refractivity contribution in [2.75, 3.05) is 32.1 Å². The topological polar surface area (TPSA) is 37.4 Å². The quantitative estimate of drug-likeness (QED) is 0.719. The Bertz CT molecular complexity index is 659. The zero-order valence-corrected chi connectivity index (χ0v) is 16.5. The Kier molecular flexibility index (Phi) is 7.06. The average Bonchev–Trinajstić information content (AvgIpc) is 2.57. The van der Waals surface area contributed by atoms with Gasteiger partial charge in [-0.25, -0.2) is 0 Å². The van der Waals surface area contributed by atoms with Crippen LogP contribution >= 0.6 is 0 Å². The molecule has 0 spiro atoms. The second kappa shape index (κ2) is 9.04. The molecular formula is C21H33N3O. The van der Waals surface area contributed by atoms with Gasteiger partial charge in [0.25, 0.3) is 0 Å². The lowest BCUT2D eigenvalue weighted by Gasteiger charge is -2.32. The number of anilines is 1. The summed E-state index contributed by atoms with van der Waals surface area (Å²) in [5, 5.41) is 4.70. The van der Waals surface area contributed by atoms with Crippen molar-refractivity contribution in [3.05, 3.63) is 30.5 Å². The summed E-state index contributed by atoms with van der Waals surface area (Å²) in [7, 11) is 1.71. The molecule has 1 unspecified atom stereocenters. The molecule has 0 radical (unpaired) electrons. The third-order valence-corrected chi connectivity index (χ3v) is 4.32. The molecule has 0 aliphatic carbocycles. The normalized spacial score (nSPS) is 13.0. The Morgan fingerprint density at radius 1 is 1.08 bits per heavy atom. The molecule has 1 aromatic heterocycles. The van der Waals surface area contributed by atoms with E-state index in [1.807, 2.05) is 24.4 Å². The summed E-state index contributed by atoms with van der Waals surface area (Å²) < 4.78 is 5.44. The number of rotatable bonds is 9. The molecule has 0 bridgehead atoms. The van der Waals surface area contributed by atoms with Crippen LogP contribution in [0.1, 0.15) is 34.6 Å². The molecule has 0 saturated carbocycles. The van der Waals surface area contributed by atoms with Crippen molar-refractivity contribution in [2.24, 2.45) is 11.8 Å². The average molecular weight is 344 g/mol. The molecular weight excluding hydrogens is 310 g/mol. The molecule has 0 fully saturated rings. The van der Waals surface area contributed by atoms with Crippen LogP contribution in [0.3, 0.4) is 0 Å². The van der Waals surface area contributed by atoms with E-state index in [0.29, 0.717) is 17.9 Å².